The minimum absolute atomic E-state index is 0. The van der Waals surface area contributed by atoms with E-state index >= 15 is 0 Å². The van der Waals surface area contributed by atoms with Crippen molar-refractivity contribution in [2.45, 2.75) is 25.8 Å². The number of phenolic OH excluding ortho intramolecular Hbond substituents is 1. The van der Waals surface area contributed by atoms with Gasteiger partial charge in [-0.1, -0.05) is 18.5 Å². The van der Waals surface area contributed by atoms with Crippen molar-refractivity contribution in [3.8, 4) is 5.75 Å². The molecular weight excluding hydrogens is 240 g/mol. The molecule has 1 aromatic rings. The molecule has 0 heterocycles. The molecule has 0 saturated heterocycles. The Hall–Kier alpha value is -0.510. The van der Waals surface area contributed by atoms with Crippen LogP contribution in [0.4, 0.5) is 4.39 Å². The molecule has 0 bridgehead atoms. The highest BCUT2D eigenvalue weighted by Crippen LogP contribution is 2.28. The lowest BCUT2D eigenvalue weighted by atomic mass is 10.0. The van der Waals surface area contributed by atoms with Gasteiger partial charge in [-0.25, -0.2) is 4.39 Å². The summed E-state index contributed by atoms with van der Waals surface area (Å²) in [7, 11) is 0. The lowest BCUT2D eigenvalue weighted by Gasteiger charge is -2.09. The van der Waals surface area contributed by atoms with Gasteiger partial charge in [0.15, 0.2) is 11.6 Å². The minimum Gasteiger partial charge on any atom is -0.504 e. The molecule has 1 unspecified atom stereocenters. The minimum atomic E-state index is -0.698. The summed E-state index contributed by atoms with van der Waals surface area (Å²) in [5.74, 6) is -1.20. The van der Waals surface area contributed by atoms with Crippen LogP contribution in [0.1, 0.15) is 18.9 Å². The zero-order valence-electron chi connectivity index (χ0n) is 8.34. The SMILES string of the molecule is CCC(N)Cc1cc(F)c(O)c(Cl)c1.Cl. The molecule has 0 radical (unpaired) electrons. The van der Waals surface area contributed by atoms with Crippen LogP contribution in [0.15, 0.2) is 12.1 Å². The first-order valence-electron chi connectivity index (χ1n) is 4.47. The van der Waals surface area contributed by atoms with Crippen molar-refractivity contribution >= 4 is 24.0 Å². The van der Waals surface area contributed by atoms with E-state index in [0.717, 1.165) is 6.42 Å². The van der Waals surface area contributed by atoms with Gasteiger partial charge in [0.25, 0.3) is 0 Å². The van der Waals surface area contributed by atoms with Gasteiger partial charge >= 0.3 is 0 Å². The molecule has 1 aromatic carbocycles. The van der Waals surface area contributed by atoms with E-state index in [1.165, 1.54) is 12.1 Å². The summed E-state index contributed by atoms with van der Waals surface area (Å²) in [6.07, 6.45) is 1.38. The number of rotatable bonds is 3. The molecule has 2 nitrogen and oxygen atoms in total. The van der Waals surface area contributed by atoms with Crippen molar-refractivity contribution in [3.63, 3.8) is 0 Å². The van der Waals surface area contributed by atoms with Gasteiger partial charge in [-0.15, -0.1) is 12.4 Å². The molecule has 1 rings (SSSR count). The molecule has 0 spiro atoms. The average molecular weight is 254 g/mol. The fourth-order valence-corrected chi connectivity index (χ4v) is 1.41. The Morgan fingerprint density at radius 1 is 1.53 bits per heavy atom. The monoisotopic (exact) mass is 253 g/mol. The molecular formula is C10H14Cl2FNO. The highest BCUT2D eigenvalue weighted by Gasteiger charge is 2.09. The van der Waals surface area contributed by atoms with E-state index in [9.17, 15) is 4.39 Å². The molecule has 15 heavy (non-hydrogen) atoms. The van der Waals surface area contributed by atoms with Crippen LogP contribution in [0.3, 0.4) is 0 Å². The van der Waals surface area contributed by atoms with Gasteiger partial charge in [0.2, 0.25) is 0 Å². The highest BCUT2D eigenvalue weighted by molar-refractivity contribution is 6.32. The fraction of sp³-hybridized carbons (Fsp3) is 0.400. The van der Waals surface area contributed by atoms with Crippen LogP contribution in [0.25, 0.3) is 0 Å². The fourth-order valence-electron chi connectivity index (χ4n) is 1.18. The van der Waals surface area contributed by atoms with E-state index in [4.69, 9.17) is 22.4 Å². The van der Waals surface area contributed by atoms with E-state index in [1.807, 2.05) is 6.92 Å². The second-order valence-corrected chi connectivity index (χ2v) is 3.69. The van der Waals surface area contributed by atoms with Crippen molar-refractivity contribution < 1.29 is 9.50 Å². The third kappa shape index (κ3) is 3.86. The topological polar surface area (TPSA) is 46.2 Å². The van der Waals surface area contributed by atoms with Crippen LogP contribution in [0, 0.1) is 5.82 Å². The van der Waals surface area contributed by atoms with Crippen LogP contribution >= 0.6 is 24.0 Å². The molecule has 0 amide bonds. The maximum atomic E-state index is 13.0. The Labute approximate surface area is 99.6 Å². The van der Waals surface area contributed by atoms with E-state index in [0.29, 0.717) is 12.0 Å². The van der Waals surface area contributed by atoms with Gasteiger partial charge in [0.05, 0.1) is 5.02 Å². The van der Waals surface area contributed by atoms with Gasteiger partial charge in [0, 0.05) is 6.04 Å². The number of nitrogens with two attached hydrogens (primary N) is 1. The molecule has 5 heteroatoms. The van der Waals surface area contributed by atoms with Crippen LogP contribution in [-0.4, -0.2) is 11.1 Å². The predicted molar refractivity (Wildman–Crippen MR) is 62.3 cm³/mol. The Bertz CT molecular complexity index is 310. The maximum absolute atomic E-state index is 13.0. The summed E-state index contributed by atoms with van der Waals surface area (Å²) in [6, 6.07) is 2.79. The van der Waals surface area contributed by atoms with Crippen molar-refractivity contribution in [1.82, 2.24) is 0 Å². The lowest BCUT2D eigenvalue weighted by molar-refractivity contribution is 0.432. The first-order valence-corrected chi connectivity index (χ1v) is 4.84. The zero-order chi connectivity index (χ0) is 10.7. The van der Waals surface area contributed by atoms with Gasteiger partial charge < -0.3 is 10.8 Å². The number of phenols is 1. The van der Waals surface area contributed by atoms with Crippen LogP contribution < -0.4 is 5.73 Å². The first-order chi connectivity index (χ1) is 6.54. The summed E-state index contributed by atoms with van der Waals surface area (Å²) < 4.78 is 13.0. The van der Waals surface area contributed by atoms with E-state index < -0.39 is 11.6 Å². The summed E-state index contributed by atoms with van der Waals surface area (Å²) in [5, 5.41) is 9.11. The van der Waals surface area contributed by atoms with Gasteiger partial charge in [-0.3, -0.25) is 0 Å². The summed E-state index contributed by atoms with van der Waals surface area (Å²) >= 11 is 5.61. The smallest absolute Gasteiger partial charge is 0.170 e. The number of benzene rings is 1. The average Bonchev–Trinajstić information content (AvgIpc) is 2.14. The summed E-state index contributed by atoms with van der Waals surface area (Å²) in [4.78, 5) is 0. The van der Waals surface area contributed by atoms with Crippen molar-refractivity contribution in [2.24, 2.45) is 5.73 Å². The number of halogens is 3. The Morgan fingerprint density at radius 3 is 2.60 bits per heavy atom. The predicted octanol–water partition coefficient (Wildman–Crippen LogP) is 2.89. The zero-order valence-corrected chi connectivity index (χ0v) is 9.91. The van der Waals surface area contributed by atoms with Crippen molar-refractivity contribution in [2.75, 3.05) is 0 Å². The van der Waals surface area contributed by atoms with E-state index in [2.05, 4.69) is 0 Å². The molecule has 0 saturated carbocycles. The molecule has 3 N–H and O–H groups in total. The molecule has 0 aliphatic heterocycles. The third-order valence-electron chi connectivity index (χ3n) is 2.10. The molecule has 0 aliphatic carbocycles. The largest absolute Gasteiger partial charge is 0.504 e. The number of hydrogen-bond acceptors (Lipinski definition) is 2. The Morgan fingerprint density at radius 2 is 2.13 bits per heavy atom. The second-order valence-electron chi connectivity index (χ2n) is 3.28. The molecule has 0 fully saturated rings. The molecule has 1 atom stereocenters. The highest BCUT2D eigenvalue weighted by atomic mass is 35.5. The van der Waals surface area contributed by atoms with Gasteiger partial charge in [-0.05, 0) is 30.5 Å². The normalized spacial score (nSPS) is 12.0. The maximum Gasteiger partial charge on any atom is 0.170 e. The second kappa shape index (κ2) is 6.16. The third-order valence-corrected chi connectivity index (χ3v) is 2.39. The van der Waals surface area contributed by atoms with Crippen LogP contribution in [-0.2, 0) is 6.42 Å². The Kier molecular flexibility index (Phi) is 5.95. The summed E-state index contributed by atoms with van der Waals surface area (Å²) in [6.45, 7) is 1.96. The Balaban J connectivity index is 0.00000196. The van der Waals surface area contributed by atoms with Gasteiger partial charge in [0.1, 0.15) is 0 Å². The molecule has 0 aromatic heterocycles. The van der Waals surface area contributed by atoms with Crippen molar-refractivity contribution in [1.29, 1.82) is 0 Å². The van der Waals surface area contributed by atoms with Crippen molar-refractivity contribution in [3.05, 3.63) is 28.5 Å². The standard InChI is InChI=1S/C10H13ClFNO.ClH/c1-2-7(13)3-6-4-8(11)10(14)9(12)5-6;/h4-5,7,14H,2-3,13H2,1H3;1H. The summed E-state index contributed by atoms with van der Waals surface area (Å²) in [5.41, 5.74) is 6.42. The molecule has 0 aliphatic rings. The van der Waals surface area contributed by atoms with Crippen LogP contribution in [0.5, 0.6) is 5.75 Å². The van der Waals surface area contributed by atoms with Gasteiger partial charge in [-0.2, -0.15) is 0 Å². The van der Waals surface area contributed by atoms with E-state index in [1.54, 1.807) is 0 Å². The quantitative estimate of drug-likeness (QED) is 0.871. The lowest BCUT2D eigenvalue weighted by Crippen LogP contribution is -2.21. The number of hydrogen-bond donors (Lipinski definition) is 2. The molecule has 86 valence electrons. The first kappa shape index (κ1) is 14.5. The van der Waals surface area contributed by atoms with Crippen LogP contribution in [0.2, 0.25) is 5.02 Å². The number of aromatic hydroxyl groups is 1. The van der Waals surface area contributed by atoms with E-state index in [-0.39, 0.29) is 23.5 Å².